The number of hydrogen-bond acceptors (Lipinski definition) is 2. The van der Waals surface area contributed by atoms with Gasteiger partial charge in [-0.3, -0.25) is 4.79 Å². The minimum absolute atomic E-state index is 0.0143. The van der Waals surface area contributed by atoms with Crippen LogP contribution in [0, 0.1) is 6.92 Å². The van der Waals surface area contributed by atoms with Crippen LogP contribution in [0.2, 0.25) is 0 Å². The predicted molar refractivity (Wildman–Crippen MR) is 67.9 cm³/mol. The third-order valence-corrected chi connectivity index (χ3v) is 2.68. The summed E-state index contributed by atoms with van der Waals surface area (Å²) >= 11 is 0. The maximum Gasteiger partial charge on any atom is 0.224 e. The summed E-state index contributed by atoms with van der Waals surface area (Å²) in [5.41, 5.74) is 1.79. The van der Waals surface area contributed by atoms with Gasteiger partial charge in [-0.1, -0.05) is 24.3 Å². The first kappa shape index (κ1) is 11.5. The third-order valence-electron chi connectivity index (χ3n) is 2.68. The fraction of sp³-hybridized carbons (Fsp3) is 0.214. The van der Waals surface area contributed by atoms with Crippen molar-refractivity contribution in [1.82, 2.24) is 5.32 Å². The summed E-state index contributed by atoms with van der Waals surface area (Å²) in [5.74, 6) is 0.791. The summed E-state index contributed by atoms with van der Waals surface area (Å²) in [6, 6.07) is 7.75. The van der Waals surface area contributed by atoms with E-state index in [1.165, 1.54) is 0 Å². The number of benzene rings is 1. The molecule has 3 heteroatoms. The van der Waals surface area contributed by atoms with Crippen molar-refractivity contribution in [3.8, 4) is 0 Å². The van der Waals surface area contributed by atoms with Crippen LogP contribution >= 0.6 is 0 Å². The lowest BCUT2D eigenvalue weighted by atomic mass is 10.1. The Morgan fingerprint density at radius 3 is 3.00 bits per heavy atom. The van der Waals surface area contributed by atoms with Gasteiger partial charge in [0.2, 0.25) is 5.91 Å². The van der Waals surface area contributed by atoms with E-state index < -0.39 is 0 Å². The molecule has 0 aliphatic rings. The number of furan rings is 1. The Bertz CT molecular complexity index is 554. The lowest BCUT2D eigenvalue weighted by Crippen LogP contribution is -2.25. The van der Waals surface area contributed by atoms with Gasteiger partial charge >= 0.3 is 0 Å². The van der Waals surface area contributed by atoms with Crippen molar-refractivity contribution in [1.29, 1.82) is 0 Å². The number of hydrogen-bond donors (Lipinski definition) is 1. The topological polar surface area (TPSA) is 42.2 Å². The normalized spacial score (nSPS) is 10.4. The third kappa shape index (κ3) is 2.38. The minimum Gasteiger partial charge on any atom is -0.461 e. The van der Waals surface area contributed by atoms with Gasteiger partial charge in [0.15, 0.2) is 0 Å². The Kier molecular flexibility index (Phi) is 3.28. The molecular formula is C14H15NO2. The van der Waals surface area contributed by atoms with Crippen molar-refractivity contribution in [2.24, 2.45) is 0 Å². The zero-order chi connectivity index (χ0) is 12.3. The van der Waals surface area contributed by atoms with E-state index in [1.54, 1.807) is 6.08 Å². The Labute approximate surface area is 100 Å². The molecule has 0 spiro atoms. The molecule has 88 valence electrons. The molecule has 0 fully saturated rings. The highest BCUT2D eigenvalue weighted by molar-refractivity contribution is 5.88. The number of aryl methyl sites for hydroxylation is 1. The number of carbonyl (C=O) groups is 1. The average molecular weight is 229 g/mol. The first-order valence-corrected chi connectivity index (χ1v) is 5.57. The summed E-state index contributed by atoms with van der Waals surface area (Å²) in [6.07, 6.45) is 2.01. The Morgan fingerprint density at radius 2 is 2.24 bits per heavy atom. The molecular weight excluding hydrogens is 214 g/mol. The molecule has 0 saturated carbocycles. The van der Waals surface area contributed by atoms with Crippen LogP contribution in [0.5, 0.6) is 0 Å². The van der Waals surface area contributed by atoms with Crippen molar-refractivity contribution >= 4 is 16.9 Å². The van der Waals surface area contributed by atoms with E-state index >= 15 is 0 Å². The first-order chi connectivity index (χ1) is 8.22. The van der Waals surface area contributed by atoms with Crippen molar-refractivity contribution in [3.05, 3.63) is 48.2 Å². The highest BCUT2D eigenvalue weighted by Crippen LogP contribution is 2.25. The second-order valence-corrected chi connectivity index (χ2v) is 3.90. The standard InChI is InChI=1S/C14H15NO2/c1-3-8-15-14(16)9-12-10(2)17-13-7-5-4-6-11(12)13/h3-7H,1,8-9H2,2H3,(H,15,16). The van der Waals surface area contributed by atoms with Crippen LogP contribution < -0.4 is 5.32 Å². The molecule has 1 N–H and O–H groups in total. The lowest BCUT2D eigenvalue weighted by Gasteiger charge is -2.01. The molecule has 0 aliphatic carbocycles. The number of carbonyl (C=O) groups excluding carboxylic acids is 1. The van der Waals surface area contributed by atoms with Gasteiger partial charge in [0.05, 0.1) is 6.42 Å². The predicted octanol–water partition coefficient (Wildman–Crippen LogP) is 2.59. The fourth-order valence-electron chi connectivity index (χ4n) is 1.85. The van der Waals surface area contributed by atoms with Crippen molar-refractivity contribution in [2.45, 2.75) is 13.3 Å². The average Bonchev–Trinajstić information content (AvgIpc) is 2.64. The molecule has 3 nitrogen and oxygen atoms in total. The molecule has 17 heavy (non-hydrogen) atoms. The van der Waals surface area contributed by atoms with E-state index in [-0.39, 0.29) is 5.91 Å². The van der Waals surface area contributed by atoms with Crippen LogP contribution in [0.1, 0.15) is 11.3 Å². The molecule has 0 aliphatic heterocycles. The summed E-state index contributed by atoms with van der Waals surface area (Å²) in [5, 5.41) is 3.78. The van der Waals surface area contributed by atoms with Crippen LogP contribution in [0.3, 0.4) is 0 Å². The minimum atomic E-state index is -0.0143. The Balaban J connectivity index is 2.26. The van der Waals surface area contributed by atoms with Crippen LogP contribution in [0.25, 0.3) is 11.0 Å². The summed E-state index contributed by atoms with van der Waals surface area (Å²) in [7, 11) is 0. The smallest absolute Gasteiger partial charge is 0.224 e. The fourth-order valence-corrected chi connectivity index (χ4v) is 1.85. The monoisotopic (exact) mass is 229 g/mol. The second kappa shape index (κ2) is 4.87. The highest BCUT2D eigenvalue weighted by atomic mass is 16.3. The molecule has 2 rings (SSSR count). The van der Waals surface area contributed by atoms with Gasteiger partial charge in [-0.2, -0.15) is 0 Å². The Hall–Kier alpha value is -2.03. The summed E-state index contributed by atoms with van der Waals surface area (Å²) in [4.78, 5) is 11.7. The number of fused-ring (bicyclic) bond motifs is 1. The van der Waals surface area contributed by atoms with Gasteiger partial charge in [0.1, 0.15) is 11.3 Å². The zero-order valence-electron chi connectivity index (χ0n) is 9.82. The van der Waals surface area contributed by atoms with Crippen molar-refractivity contribution < 1.29 is 9.21 Å². The molecule has 1 amide bonds. The SMILES string of the molecule is C=CCNC(=O)Cc1c(C)oc2ccccc12. The highest BCUT2D eigenvalue weighted by Gasteiger charge is 2.13. The number of amides is 1. The zero-order valence-corrected chi connectivity index (χ0v) is 9.82. The summed E-state index contributed by atoms with van der Waals surface area (Å²) < 4.78 is 5.60. The van der Waals surface area contributed by atoms with Crippen LogP contribution in [-0.2, 0) is 11.2 Å². The second-order valence-electron chi connectivity index (χ2n) is 3.90. The molecule has 0 bridgehead atoms. The van der Waals surface area contributed by atoms with E-state index in [1.807, 2.05) is 31.2 Å². The van der Waals surface area contributed by atoms with E-state index in [0.29, 0.717) is 13.0 Å². The van der Waals surface area contributed by atoms with E-state index in [2.05, 4.69) is 11.9 Å². The van der Waals surface area contributed by atoms with Crippen LogP contribution in [0.4, 0.5) is 0 Å². The summed E-state index contributed by atoms with van der Waals surface area (Å²) in [6.45, 7) is 5.94. The molecule has 2 aromatic rings. The van der Waals surface area contributed by atoms with Gasteiger partial charge < -0.3 is 9.73 Å². The van der Waals surface area contributed by atoms with Gasteiger partial charge in [0.25, 0.3) is 0 Å². The molecule has 1 aromatic heterocycles. The maximum atomic E-state index is 11.7. The maximum absolute atomic E-state index is 11.7. The van der Waals surface area contributed by atoms with Gasteiger partial charge in [-0.15, -0.1) is 6.58 Å². The molecule has 0 radical (unpaired) electrons. The largest absolute Gasteiger partial charge is 0.461 e. The van der Waals surface area contributed by atoms with Crippen molar-refractivity contribution in [3.63, 3.8) is 0 Å². The Morgan fingerprint density at radius 1 is 1.47 bits per heavy atom. The molecule has 1 aromatic carbocycles. The number of nitrogens with one attached hydrogen (secondary N) is 1. The number of rotatable bonds is 4. The molecule has 0 unspecified atom stereocenters. The van der Waals surface area contributed by atoms with Crippen LogP contribution in [0.15, 0.2) is 41.3 Å². The van der Waals surface area contributed by atoms with E-state index in [9.17, 15) is 4.79 Å². The molecule has 0 saturated heterocycles. The lowest BCUT2D eigenvalue weighted by molar-refractivity contribution is -0.120. The van der Waals surface area contributed by atoms with E-state index in [4.69, 9.17) is 4.42 Å². The van der Waals surface area contributed by atoms with Crippen molar-refractivity contribution in [2.75, 3.05) is 6.54 Å². The van der Waals surface area contributed by atoms with Gasteiger partial charge in [0, 0.05) is 17.5 Å². The molecule has 0 atom stereocenters. The molecule has 1 heterocycles. The number of para-hydroxylation sites is 1. The van der Waals surface area contributed by atoms with Crippen LogP contribution in [-0.4, -0.2) is 12.5 Å². The van der Waals surface area contributed by atoms with E-state index in [0.717, 1.165) is 22.3 Å². The van der Waals surface area contributed by atoms with Gasteiger partial charge in [-0.25, -0.2) is 0 Å². The van der Waals surface area contributed by atoms with Gasteiger partial charge in [-0.05, 0) is 13.0 Å². The quantitative estimate of drug-likeness (QED) is 0.819. The first-order valence-electron chi connectivity index (χ1n) is 5.57.